The van der Waals surface area contributed by atoms with Gasteiger partial charge in [0.1, 0.15) is 11.3 Å². The molecule has 0 fully saturated rings. The molecule has 2 heterocycles. The van der Waals surface area contributed by atoms with Gasteiger partial charge in [0.25, 0.3) is 0 Å². The third-order valence-corrected chi connectivity index (χ3v) is 3.27. The zero-order valence-electron chi connectivity index (χ0n) is 11.1. The fourth-order valence-corrected chi connectivity index (χ4v) is 2.32. The number of methoxy groups -OCH3 is 1. The molecule has 0 radical (unpaired) electrons. The first-order chi connectivity index (χ1) is 10.7. The summed E-state index contributed by atoms with van der Waals surface area (Å²) in [5.41, 5.74) is -1.40. The first kappa shape index (κ1) is 15.4. The molecule has 0 bridgehead atoms. The molecular weight excluding hydrogens is 344 g/mol. The van der Waals surface area contributed by atoms with Gasteiger partial charge in [-0.3, -0.25) is 4.40 Å². The monoisotopic (exact) mass is 348 g/mol. The van der Waals surface area contributed by atoms with Crippen LogP contribution in [-0.4, -0.2) is 32.7 Å². The van der Waals surface area contributed by atoms with E-state index in [-0.39, 0.29) is 16.6 Å². The zero-order valence-corrected chi connectivity index (χ0v) is 11.9. The number of hydrogen-bond donors (Lipinski definition) is 0. The van der Waals surface area contributed by atoms with Crippen molar-refractivity contribution in [1.82, 2.24) is 19.6 Å². The lowest BCUT2D eigenvalue weighted by Gasteiger charge is -2.10. The topological polar surface area (TPSA) is 69.4 Å². The highest BCUT2D eigenvalue weighted by Crippen LogP contribution is 2.32. The Morgan fingerprint density at radius 1 is 1.30 bits per heavy atom. The van der Waals surface area contributed by atoms with Crippen LogP contribution in [0.3, 0.4) is 0 Å². The quantitative estimate of drug-likeness (QED) is 0.499. The summed E-state index contributed by atoms with van der Waals surface area (Å²) in [6, 6.07) is 1.57. The van der Waals surface area contributed by atoms with Crippen molar-refractivity contribution in [3.05, 3.63) is 34.5 Å². The van der Waals surface area contributed by atoms with Crippen LogP contribution >= 0.6 is 11.6 Å². The van der Waals surface area contributed by atoms with Gasteiger partial charge in [-0.05, 0) is 6.07 Å². The molecule has 0 spiro atoms. The summed E-state index contributed by atoms with van der Waals surface area (Å²) in [7, 11) is 1.04. The molecule has 2 aromatic heterocycles. The fraction of sp³-hybridized carbons (Fsp3) is 0.167. The van der Waals surface area contributed by atoms with Crippen LogP contribution in [0.5, 0.6) is 0 Å². The van der Waals surface area contributed by atoms with Crippen molar-refractivity contribution < 1.29 is 27.1 Å². The van der Waals surface area contributed by atoms with Crippen LogP contribution in [0.4, 0.5) is 17.6 Å². The van der Waals surface area contributed by atoms with E-state index in [2.05, 4.69) is 19.9 Å². The number of fused-ring (bicyclic) bond motifs is 3. The number of rotatable bonds is 1. The van der Waals surface area contributed by atoms with E-state index in [1.54, 1.807) is 0 Å². The van der Waals surface area contributed by atoms with Crippen molar-refractivity contribution in [3.8, 4) is 0 Å². The maximum atomic E-state index is 13.8. The Bertz CT molecular complexity index is 954. The van der Waals surface area contributed by atoms with Gasteiger partial charge in [-0.1, -0.05) is 11.6 Å². The molecule has 3 aromatic rings. The summed E-state index contributed by atoms with van der Waals surface area (Å²) < 4.78 is 57.9. The average molecular weight is 349 g/mol. The van der Waals surface area contributed by atoms with Gasteiger partial charge in [0.2, 0.25) is 5.82 Å². The van der Waals surface area contributed by atoms with Gasteiger partial charge in [-0.15, -0.1) is 10.2 Å². The van der Waals surface area contributed by atoms with Crippen LogP contribution < -0.4 is 0 Å². The Hall–Kier alpha value is -2.49. The third-order valence-electron chi connectivity index (χ3n) is 3.01. The lowest BCUT2D eigenvalue weighted by molar-refractivity contribution is -0.145. The highest BCUT2D eigenvalue weighted by atomic mass is 35.5. The van der Waals surface area contributed by atoms with E-state index in [9.17, 15) is 22.4 Å². The lowest BCUT2D eigenvalue weighted by Crippen LogP contribution is -2.13. The number of ether oxygens (including phenoxy) is 1. The van der Waals surface area contributed by atoms with Crippen molar-refractivity contribution in [1.29, 1.82) is 0 Å². The van der Waals surface area contributed by atoms with Gasteiger partial charge in [0, 0.05) is 6.07 Å². The number of alkyl halides is 3. The lowest BCUT2D eigenvalue weighted by atomic mass is 10.1. The van der Waals surface area contributed by atoms with Gasteiger partial charge < -0.3 is 4.74 Å². The number of esters is 1. The molecule has 0 aliphatic heterocycles. The molecule has 1 aromatic carbocycles. The second kappa shape index (κ2) is 5.01. The number of halogens is 5. The van der Waals surface area contributed by atoms with Crippen molar-refractivity contribution in [2.75, 3.05) is 7.11 Å². The van der Waals surface area contributed by atoms with Crippen LogP contribution in [0.15, 0.2) is 12.1 Å². The Kier molecular flexibility index (Phi) is 3.36. The molecule has 23 heavy (non-hydrogen) atoms. The van der Waals surface area contributed by atoms with Gasteiger partial charge in [0.15, 0.2) is 10.8 Å². The van der Waals surface area contributed by atoms with Gasteiger partial charge in [0.05, 0.1) is 18.2 Å². The van der Waals surface area contributed by atoms with Gasteiger partial charge in [-0.2, -0.15) is 13.2 Å². The molecule has 0 unspecified atom stereocenters. The first-order valence-corrected chi connectivity index (χ1v) is 6.31. The fourth-order valence-electron chi connectivity index (χ4n) is 2.12. The van der Waals surface area contributed by atoms with E-state index in [1.165, 1.54) is 0 Å². The van der Waals surface area contributed by atoms with Gasteiger partial charge in [-0.25, -0.2) is 14.2 Å². The average Bonchev–Trinajstić information content (AvgIpc) is 2.92. The summed E-state index contributed by atoms with van der Waals surface area (Å²) in [5, 5.41) is 5.93. The number of benzene rings is 1. The Morgan fingerprint density at radius 2 is 2.00 bits per heavy atom. The summed E-state index contributed by atoms with van der Waals surface area (Å²) >= 11 is 5.81. The normalized spacial score (nSPS) is 12.1. The minimum absolute atomic E-state index is 0.263. The van der Waals surface area contributed by atoms with Crippen molar-refractivity contribution in [2.24, 2.45) is 0 Å². The second-order valence-corrected chi connectivity index (χ2v) is 4.75. The molecule has 3 rings (SSSR count). The number of carbonyl (C=O) groups excluding carboxylic acids is 1. The van der Waals surface area contributed by atoms with E-state index >= 15 is 0 Å². The minimum Gasteiger partial charge on any atom is -0.465 e. The maximum absolute atomic E-state index is 13.8. The van der Waals surface area contributed by atoms with E-state index in [1.807, 2.05) is 0 Å². The minimum atomic E-state index is -4.87. The van der Waals surface area contributed by atoms with Crippen LogP contribution in [0.2, 0.25) is 5.15 Å². The Morgan fingerprint density at radius 3 is 2.61 bits per heavy atom. The molecular formula is C12H5ClF4N4O2. The van der Waals surface area contributed by atoms with Crippen LogP contribution in [0, 0.1) is 5.82 Å². The number of nitrogens with zero attached hydrogens (tertiary/aromatic N) is 4. The molecule has 0 saturated heterocycles. The van der Waals surface area contributed by atoms with Crippen LogP contribution in [0.25, 0.3) is 16.7 Å². The van der Waals surface area contributed by atoms with Crippen molar-refractivity contribution in [3.63, 3.8) is 0 Å². The largest absolute Gasteiger partial charge is 0.465 e. The molecule has 0 aliphatic rings. The van der Waals surface area contributed by atoms with E-state index in [0.29, 0.717) is 4.40 Å². The standard InChI is InChI=1S/C12H5ClF4N4O2/c1-23-10(22)5-2-4(14)3-6-7(5)18-8(13)9-19-20-11(21(6)9)12(15,16)17/h2-3H,1H3. The Balaban J connectivity index is 2.55. The molecule has 120 valence electrons. The summed E-state index contributed by atoms with van der Waals surface area (Å²) in [5.74, 6) is -3.34. The highest BCUT2D eigenvalue weighted by molar-refractivity contribution is 6.32. The van der Waals surface area contributed by atoms with Crippen LogP contribution in [0.1, 0.15) is 16.2 Å². The second-order valence-electron chi connectivity index (χ2n) is 4.40. The number of carbonyl (C=O) groups is 1. The van der Waals surface area contributed by atoms with Crippen LogP contribution in [-0.2, 0) is 10.9 Å². The number of hydrogen-bond acceptors (Lipinski definition) is 5. The molecule has 6 nitrogen and oxygen atoms in total. The predicted octanol–water partition coefficient (Wildman–Crippen LogP) is 2.88. The molecule has 0 N–H and O–H groups in total. The summed E-state index contributed by atoms with van der Waals surface area (Å²) in [6.07, 6.45) is -4.87. The molecule has 0 atom stereocenters. The molecule has 0 aliphatic carbocycles. The summed E-state index contributed by atoms with van der Waals surface area (Å²) in [6.45, 7) is 0. The SMILES string of the molecule is COC(=O)c1cc(F)cc2c1nc(Cl)c1nnc(C(F)(F)F)n12. The number of aromatic nitrogens is 4. The molecule has 0 saturated carbocycles. The van der Waals surface area contributed by atoms with Crippen molar-refractivity contribution >= 4 is 34.3 Å². The first-order valence-electron chi connectivity index (χ1n) is 5.93. The van der Waals surface area contributed by atoms with E-state index in [4.69, 9.17) is 11.6 Å². The molecule has 0 amide bonds. The van der Waals surface area contributed by atoms with E-state index < -0.39 is 34.6 Å². The zero-order chi connectivity index (χ0) is 16.9. The Labute approximate surface area is 129 Å². The third kappa shape index (κ3) is 2.34. The van der Waals surface area contributed by atoms with E-state index in [0.717, 1.165) is 19.2 Å². The predicted molar refractivity (Wildman–Crippen MR) is 69.6 cm³/mol. The molecule has 11 heteroatoms. The highest BCUT2D eigenvalue weighted by Gasteiger charge is 2.38. The summed E-state index contributed by atoms with van der Waals surface area (Å²) in [4.78, 5) is 15.5. The van der Waals surface area contributed by atoms with Crippen molar-refractivity contribution in [2.45, 2.75) is 6.18 Å². The van der Waals surface area contributed by atoms with Gasteiger partial charge >= 0.3 is 12.1 Å². The maximum Gasteiger partial charge on any atom is 0.452 e. The smallest absolute Gasteiger partial charge is 0.452 e.